The number of ether oxygens (including phenoxy) is 2. The van der Waals surface area contributed by atoms with Crippen molar-refractivity contribution in [2.45, 2.75) is 6.92 Å². The third-order valence-electron chi connectivity index (χ3n) is 3.52. The van der Waals surface area contributed by atoms with Crippen LogP contribution in [0.5, 0.6) is 11.6 Å². The molecule has 2 aromatic rings. The number of benzene rings is 1. The summed E-state index contributed by atoms with van der Waals surface area (Å²) in [5, 5.41) is 4.21. The number of fused-ring (bicyclic) bond motifs is 1. The molecule has 122 valence electrons. The molecule has 1 amide bonds. The Morgan fingerprint density at radius 2 is 2.30 bits per heavy atom. The zero-order valence-corrected chi connectivity index (χ0v) is 13.4. The number of rotatable bonds is 3. The van der Waals surface area contributed by atoms with Crippen LogP contribution in [0.3, 0.4) is 0 Å². The molecule has 0 radical (unpaired) electrons. The molecule has 0 fully saturated rings. The molecule has 0 N–H and O–H groups in total. The topological polar surface area (TPSA) is 56.6 Å². The van der Waals surface area contributed by atoms with Crippen molar-refractivity contribution >= 4 is 23.2 Å². The molecule has 3 rings (SSSR count). The number of amides is 1. The molecule has 0 unspecified atom stereocenters. The van der Waals surface area contributed by atoms with Gasteiger partial charge in [0.1, 0.15) is 23.9 Å². The van der Waals surface area contributed by atoms with E-state index in [9.17, 15) is 9.18 Å². The van der Waals surface area contributed by atoms with E-state index in [1.54, 1.807) is 16.6 Å². The fourth-order valence-corrected chi connectivity index (χ4v) is 2.65. The molecular formula is C15H15ClFN3O3. The van der Waals surface area contributed by atoms with Crippen LogP contribution in [-0.4, -0.2) is 35.4 Å². The van der Waals surface area contributed by atoms with Gasteiger partial charge in [0.15, 0.2) is 6.61 Å². The molecule has 1 aliphatic rings. The Bertz CT molecular complexity index is 763. The highest BCUT2D eigenvalue weighted by atomic mass is 35.5. The maximum atomic E-state index is 13.1. The van der Waals surface area contributed by atoms with Gasteiger partial charge in [-0.2, -0.15) is 5.10 Å². The number of aromatic nitrogens is 2. The average molecular weight is 340 g/mol. The Balaban J connectivity index is 1.73. The second-order valence-electron chi connectivity index (χ2n) is 5.12. The number of anilines is 1. The number of carbonyl (C=O) groups is 1. The third-order valence-corrected chi connectivity index (χ3v) is 3.81. The number of hydrogen-bond donors (Lipinski definition) is 0. The van der Waals surface area contributed by atoms with E-state index in [1.165, 1.54) is 18.2 Å². The van der Waals surface area contributed by atoms with E-state index in [4.69, 9.17) is 21.1 Å². The summed E-state index contributed by atoms with van der Waals surface area (Å²) in [4.78, 5) is 14.0. The van der Waals surface area contributed by atoms with Gasteiger partial charge in [-0.3, -0.25) is 9.69 Å². The minimum atomic E-state index is -0.533. The molecule has 1 aromatic heterocycles. The van der Waals surface area contributed by atoms with Crippen molar-refractivity contribution in [2.75, 3.05) is 24.7 Å². The highest BCUT2D eigenvalue weighted by Crippen LogP contribution is 2.34. The first-order valence-electron chi connectivity index (χ1n) is 7.02. The SMILES string of the molecule is Cc1nn(C)c2c1N(C(=O)COc1ccc(F)c(Cl)c1)CCO2. The van der Waals surface area contributed by atoms with Gasteiger partial charge in [0.25, 0.3) is 5.91 Å². The van der Waals surface area contributed by atoms with Gasteiger partial charge in [-0.1, -0.05) is 11.6 Å². The lowest BCUT2D eigenvalue weighted by molar-refractivity contribution is -0.120. The van der Waals surface area contributed by atoms with Crippen molar-refractivity contribution in [3.63, 3.8) is 0 Å². The Kier molecular flexibility index (Phi) is 4.12. The number of hydrogen-bond acceptors (Lipinski definition) is 4. The molecule has 0 saturated carbocycles. The minimum Gasteiger partial charge on any atom is -0.484 e. The van der Waals surface area contributed by atoms with Gasteiger partial charge in [-0.05, 0) is 19.1 Å². The third kappa shape index (κ3) is 2.96. The lowest BCUT2D eigenvalue weighted by atomic mass is 10.3. The van der Waals surface area contributed by atoms with E-state index >= 15 is 0 Å². The molecule has 0 spiro atoms. The second kappa shape index (κ2) is 6.08. The Morgan fingerprint density at radius 1 is 1.52 bits per heavy atom. The summed E-state index contributed by atoms with van der Waals surface area (Å²) >= 11 is 5.69. The lowest BCUT2D eigenvalue weighted by Crippen LogP contribution is -2.41. The molecule has 8 heteroatoms. The maximum Gasteiger partial charge on any atom is 0.265 e. The van der Waals surface area contributed by atoms with E-state index < -0.39 is 5.82 Å². The predicted octanol–water partition coefficient (Wildman–Crippen LogP) is 2.33. The molecule has 2 heterocycles. The average Bonchev–Trinajstić information content (AvgIpc) is 2.83. The van der Waals surface area contributed by atoms with Crippen LogP contribution in [0.15, 0.2) is 18.2 Å². The van der Waals surface area contributed by atoms with E-state index in [2.05, 4.69) is 5.10 Å². The summed E-state index contributed by atoms with van der Waals surface area (Å²) in [6.45, 7) is 2.44. The Labute approximate surface area is 137 Å². The summed E-state index contributed by atoms with van der Waals surface area (Å²) in [5.41, 5.74) is 1.37. The summed E-state index contributed by atoms with van der Waals surface area (Å²) in [6, 6.07) is 3.96. The smallest absolute Gasteiger partial charge is 0.265 e. The van der Waals surface area contributed by atoms with Crippen molar-refractivity contribution in [2.24, 2.45) is 7.05 Å². The van der Waals surface area contributed by atoms with Crippen LogP contribution in [0.1, 0.15) is 5.69 Å². The number of carbonyl (C=O) groups excluding carboxylic acids is 1. The Morgan fingerprint density at radius 3 is 3.04 bits per heavy atom. The normalized spacial score (nSPS) is 13.5. The lowest BCUT2D eigenvalue weighted by Gasteiger charge is -2.27. The molecule has 0 bridgehead atoms. The molecule has 1 aliphatic heterocycles. The second-order valence-corrected chi connectivity index (χ2v) is 5.53. The van der Waals surface area contributed by atoms with Gasteiger partial charge in [-0.15, -0.1) is 0 Å². The van der Waals surface area contributed by atoms with Gasteiger partial charge in [0.2, 0.25) is 5.88 Å². The molecule has 0 saturated heterocycles. The van der Waals surface area contributed by atoms with Crippen molar-refractivity contribution < 1.29 is 18.7 Å². The quantitative estimate of drug-likeness (QED) is 0.861. The van der Waals surface area contributed by atoms with Crippen molar-refractivity contribution in [3.8, 4) is 11.6 Å². The minimum absolute atomic E-state index is 0.0493. The van der Waals surface area contributed by atoms with Crippen molar-refractivity contribution in [1.82, 2.24) is 9.78 Å². The zero-order chi connectivity index (χ0) is 16.6. The van der Waals surface area contributed by atoms with E-state index in [0.29, 0.717) is 36.2 Å². The molecular weight excluding hydrogens is 325 g/mol. The first-order valence-corrected chi connectivity index (χ1v) is 7.40. The standard InChI is InChI=1S/C15H15ClFN3O3/c1-9-14-15(19(2)18-9)22-6-5-20(14)13(21)8-23-10-3-4-12(17)11(16)7-10/h3-4,7H,5-6,8H2,1-2H3. The summed E-state index contributed by atoms with van der Waals surface area (Å²) < 4.78 is 25.7. The van der Waals surface area contributed by atoms with E-state index in [1.807, 2.05) is 6.92 Å². The van der Waals surface area contributed by atoms with Gasteiger partial charge in [0, 0.05) is 13.1 Å². The highest BCUT2D eigenvalue weighted by molar-refractivity contribution is 6.30. The van der Waals surface area contributed by atoms with Crippen LogP contribution in [0.2, 0.25) is 5.02 Å². The summed E-state index contributed by atoms with van der Waals surface area (Å²) in [7, 11) is 1.76. The van der Waals surface area contributed by atoms with Gasteiger partial charge in [0.05, 0.1) is 17.3 Å². The first kappa shape index (κ1) is 15.6. The van der Waals surface area contributed by atoms with Gasteiger partial charge < -0.3 is 9.47 Å². The highest BCUT2D eigenvalue weighted by Gasteiger charge is 2.29. The number of nitrogens with zero attached hydrogens (tertiary/aromatic N) is 3. The van der Waals surface area contributed by atoms with Crippen LogP contribution in [0, 0.1) is 12.7 Å². The van der Waals surface area contributed by atoms with Crippen molar-refractivity contribution in [3.05, 3.63) is 34.7 Å². The van der Waals surface area contributed by atoms with Crippen molar-refractivity contribution in [1.29, 1.82) is 0 Å². The Hall–Kier alpha value is -2.28. The van der Waals surface area contributed by atoms with E-state index in [-0.39, 0.29) is 17.5 Å². The van der Waals surface area contributed by atoms with E-state index in [0.717, 1.165) is 0 Å². The number of aryl methyl sites for hydroxylation is 2. The zero-order valence-electron chi connectivity index (χ0n) is 12.7. The van der Waals surface area contributed by atoms with Crippen LogP contribution in [-0.2, 0) is 11.8 Å². The fraction of sp³-hybridized carbons (Fsp3) is 0.333. The summed E-state index contributed by atoms with van der Waals surface area (Å²) in [5.74, 6) is 0.133. The molecule has 23 heavy (non-hydrogen) atoms. The van der Waals surface area contributed by atoms with Crippen LogP contribution < -0.4 is 14.4 Å². The predicted molar refractivity (Wildman–Crippen MR) is 82.7 cm³/mol. The fourth-order valence-electron chi connectivity index (χ4n) is 2.48. The largest absolute Gasteiger partial charge is 0.484 e. The molecule has 0 atom stereocenters. The molecule has 6 nitrogen and oxygen atoms in total. The number of halogens is 2. The van der Waals surface area contributed by atoms with Crippen LogP contribution in [0.4, 0.5) is 10.1 Å². The van der Waals surface area contributed by atoms with Crippen LogP contribution >= 0.6 is 11.6 Å². The van der Waals surface area contributed by atoms with Gasteiger partial charge >= 0.3 is 0 Å². The summed E-state index contributed by atoms with van der Waals surface area (Å²) in [6.07, 6.45) is 0. The molecule has 1 aromatic carbocycles. The van der Waals surface area contributed by atoms with Crippen LogP contribution in [0.25, 0.3) is 0 Å². The first-order chi connectivity index (χ1) is 11.0. The maximum absolute atomic E-state index is 13.1. The molecule has 0 aliphatic carbocycles. The monoisotopic (exact) mass is 339 g/mol. The van der Waals surface area contributed by atoms with Gasteiger partial charge in [-0.25, -0.2) is 9.07 Å².